The molecule has 0 radical (unpaired) electrons. The van der Waals surface area contributed by atoms with Crippen molar-refractivity contribution in [2.45, 2.75) is 20.8 Å². The fourth-order valence-corrected chi connectivity index (χ4v) is 2.99. The second-order valence-electron chi connectivity index (χ2n) is 4.51. The van der Waals surface area contributed by atoms with Crippen LogP contribution in [0, 0.1) is 20.8 Å². The van der Waals surface area contributed by atoms with E-state index in [-0.39, 0.29) is 0 Å². The van der Waals surface area contributed by atoms with Crippen LogP contribution in [0.3, 0.4) is 0 Å². The minimum atomic E-state index is 0.620. The summed E-state index contributed by atoms with van der Waals surface area (Å²) in [5.41, 5.74) is 11.0. The molecule has 0 saturated carbocycles. The van der Waals surface area contributed by atoms with Crippen LogP contribution in [0.1, 0.15) is 16.0 Å². The Hall–Kier alpha value is -1.81. The van der Waals surface area contributed by atoms with E-state index in [0.29, 0.717) is 5.89 Å². The summed E-state index contributed by atoms with van der Waals surface area (Å²) in [7, 11) is 0. The van der Waals surface area contributed by atoms with Gasteiger partial charge in [0.2, 0.25) is 5.89 Å². The van der Waals surface area contributed by atoms with Crippen LogP contribution in [0.4, 0.5) is 5.00 Å². The number of aromatic nitrogens is 1. The quantitative estimate of drug-likeness (QED) is 0.716. The van der Waals surface area contributed by atoms with E-state index in [1.807, 2.05) is 25.1 Å². The van der Waals surface area contributed by atoms with Crippen molar-refractivity contribution in [3.63, 3.8) is 0 Å². The van der Waals surface area contributed by atoms with E-state index in [4.69, 9.17) is 10.2 Å². The molecule has 2 aromatic heterocycles. The zero-order chi connectivity index (χ0) is 12.9. The average Bonchev–Trinajstić information content (AvgIpc) is 2.80. The van der Waals surface area contributed by atoms with Crippen molar-refractivity contribution in [1.29, 1.82) is 0 Å². The molecule has 0 atom stereocenters. The summed E-state index contributed by atoms with van der Waals surface area (Å²) < 4.78 is 5.80. The zero-order valence-electron chi connectivity index (χ0n) is 10.6. The summed E-state index contributed by atoms with van der Waals surface area (Å²) in [6, 6.07) is 5.99. The van der Waals surface area contributed by atoms with Gasteiger partial charge < -0.3 is 10.2 Å². The Morgan fingerprint density at radius 2 is 2.00 bits per heavy atom. The first-order valence-electron chi connectivity index (χ1n) is 5.79. The van der Waals surface area contributed by atoms with Gasteiger partial charge in [-0.25, -0.2) is 4.98 Å². The number of nitrogens with two attached hydrogens (primary N) is 1. The molecule has 1 aromatic carbocycles. The standard InChI is InChI=1S/C14H14N2OS/c1-7-4-5-11-10(6-7)16-14(17-11)12-8(2)9(3)18-13(12)15/h4-6H,15H2,1-3H3. The largest absolute Gasteiger partial charge is 0.436 e. The van der Waals surface area contributed by atoms with Gasteiger partial charge in [0.25, 0.3) is 0 Å². The molecule has 0 amide bonds. The average molecular weight is 258 g/mol. The molecule has 0 unspecified atom stereocenters. The smallest absolute Gasteiger partial charge is 0.230 e. The maximum absolute atomic E-state index is 6.04. The van der Waals surface area contributed by atoms with E-state index >= 15 is 0 Å². The SMILES string of the molecule is Cc1ccc2oc(-c3c(N)sc(C)c3C)nc2c1. The molecule has 3 aromatic rings. The van der Waals surface area contributed by atoms with Gasteiger partial charge in [0, 0.05) is 4.88 Å². The fourth-order valence-electron chi connectivity index (χ4n) is 2.06. The Kier molecular flexibility index (Phi) is 2.41. The van der Waals surface area contributed by atoms with E-state index in [1.165, 1.54) is 10.4 Å². The van der Waals surface area contributed by atoms with Crippen LogP contribution >= 0.6 is 11.3 Å². The molecular formula is C14H14N2OS. The highest BCUT2D eigenvalue weighted by atomic mass is 32.1. The van der Waals surface area contributed by atoms with Gasteiger partial charge in [0.1, 0.15) is 5.52 Å². The monoisotopic (exact) mass is 258 g/mol. The first-order valence-corrected chi connectivity index (χ1v) is 6.61. The van der Waals surface area contributed by atoms with E-state index < -0.39 is 0 Å². The Labute approximate surface area is 109 Å². The summed E-state index contributed by atoms with van der Waals surface area (Å²) >= 11 is 1.58. The molecule has 4 heteroatoms. The lowest BCUT2D eigenvalue weighted by Crippen LogP contribution is -1.85. The third kappa shape index (κ3) is 1.61. The van der Waals surface area contributed by atoms with Gasteiger partial charge in [0.15, 0.2) is 5.58 Å². The third-order valence-corrected chi connectivity index (χ3v) is 4.21. The number of aryl methyl sites for hydroxylation is 2. The van der Waals surface area contributed by atoms with Crippen LogP contribution in [0.15, 0.2) is 22.6 Å². The summed E-state index contributed by atoms with van der Waals surface area (Å²) in [5, 5.41) is 0.772. The van der Waals surface area contributed by atoms with Gasteiger partial charge in [-0.15, -0.1) is 11.3 Å². The molecule has 0 fully saturated rings. The maximum atomic E-state index is 6.04. The highest BCUT2D eigenvalue weighted by Crippen LogP contribution is 2.38. The molecule has 3 nitrogen and oxygen atoms in total. The highest BCUT2D eigenvalue weighted by molar-refractivity contribution is 7.16. The number of rotatable bonds is 1. The first kappa shape index (κ1) is 11.3. The van der Waals surface area contributed by atoms with E-state index in [2.05, 4.69) is 18.8 Å². The second kappa shape index (κ2) is 3.85. The van der Waals surface area contributed by atoms with Crippen molar-refractivity contribution in [3.05, 3.63) is 34.2 Å². The molecule has 92 valence electrons. The van der Waals surface area contributed by atoms with Crippen molar-refractivity contribution in [3.8, 4) is 11.5 Å². The summed E-state index contributed by atoms with van der Waals surface area (Å²) in [6.07, 6.45) is 0. The number of oxazole rings is 1. The lowest BCUT2D eigenvalue weighted by Gasteiger charge is -1.95. The Morgan fingerprint density at radius 1 is 1.22 bits per heavy atom. The first-order chi connectivity index (χ1) is 8.56. The zero-order valence-corrected chi connectivity index (χ0v) is 11.4. The second-order valence-corrected chi connectivity index (χ2v) is 5.77. The molecule has 0 aliphatic heterocycles. The predicted molar refractivity (Wildman–Crippen MR) is 75.9 cm³/mol. The minimum absolute atomic E-state index is 0.620. The molecule has 18 heavy (non-hydrogen) atoms. The summed E-state index contributed by atoms with van der Waals surface area (Å²) in [6.45, 7) is 6.16. The van der Waals surface area contributed by atoms with E-state index in [1.54, 1.807) is 11.3 Å². The van der Waals surface area contributed by atoms with Crippen LogP contribution < -0.4 is 5.73 Å². The lowest BCUT2D eigenvalue weighted by molar-refractivity contribution is 0.620. The van der Waals surface area contributed by atoms with Crippen LogP contribution in [-0.4, -0.2) is 4.98 Å². The van der Waals surface area contributed by atoms with Gasteiger partial charge in [-0.2, -0.15) is 0 Å². The molecule has 0 aliphatic rings. The molecule has 2 heterocycles. The predicted octanol–water partition coefficient (Wildman–Crippen LogP) is 4.06. The number of nitrogen functional groups attached to an aromatic ring is 1. The Bertz CT molecular complexity index is 740. The van der Waals surface area contributed by atoms with Gasteiger partial charge in [-0.3, -0.25) is 0 Å². The number of thiophene rings is 1. The molecule has 0 spiro atoms. The molecule has 0 aliphatic carbocycles. The minimum Gasteiger partial charge on any atom is -0.436 e. The van der Waals surface area contributed by atoms with E-state index in [0.717, 1.165) is 27.2 Å². The summed E-state index contributed by atoms with van der Waals surface area (Å²) in [4.78, 5) is 5.75. The number of nitrogens with zero attached hydrogens (tertiary/aromatic N) is 1. The van der Waals surface area contributed by atoms with Crippen LogP contribution in [0.2, 0.25) is 0 Å². The number of benzene rings is 1. The van der Waals surface area contributed by atoms with E-state index in [9.17, 15) is 0 Å². The van der Waals surface area contributed by atoms with Gasteiger partial charge >= 0.3 is 0 Å². The number of hydrogen-bond donors (Lipinski definition) is 1. The Balaban J connectivity index is 2.25. The normalized spacial score (nSPS) is 11.3. The number of hydrogen-bond acceptors (Lipinski definition) is 4. The third-order valence-electron chi connectivity index (χ3n) is 3.17. The van der Waals surface area contributed by atoms with Crippen LogP contribution in [0.25, 0.3) is 22.6 Å². The van der Waals surface area contributed by atoms with Crippen molar-refractivity contribution in [2.75, 3.05) is 5.73 Å². The van der Waals surface area contributed by atoms with Crippen molar-refractivity contribution >= 4 is 27.4 Å². The van der Waals surface area contributed by atoms with Crippen molar-refractivity contribution in [1.82, 2.24) is 4.98 Å². The van der Waals surface area contributed by atoms with Gasteiger partial charge in [0.05, 0.1) is 10.6 Å². The molecule has 0 bridgehead atoms. The molecule has 3 rings (SSSR count). The molecule has 0 saturated heterocycles. The highest BCUT2D eigenvalue weighted by Gasteiger charge is 2.17. The van der Waals surface area contributed by atoms with Crippen LogP contribution in [-0.2, 0) is 0 Å². The number of fused-ring (bicyclic) bond motifs is 1. The fraction of sp³-hybridized carbons (Fsp3) is 0.214. The maximum Gasteiger partial charge on any atom is 0.230 e. The lowest BCUT2D eigenvalue weighted by atomic mass is 10.1. The van der Waals surface area contributed by atoms with Gasteiger partial charge in [-0.1, -0.05) is 6.07 Å². The van der Waals surface area contributed by atoms with Gasteiger partial charge in [-0.05, 0) is 44.0 Å². The topological polar surface area (TPSA) is 52.0 Å². The number of anilines is 1. The summed E-state index contributed by atoms with van der Waals surface area (Å²) in [5.74, 6) is 0.620. The van der Waals surface area contributed by atoms with Crippen LogP contribution in [0.5, 0.6) is 0 Å². The molecule has 2 N–H and O–H groups in total. The molecular weight excluding hydrogens is 244 g/mol. The Morgan fingerprint density at radius 3 is 2.67 bits per heavy atom. The van der Waals surface area contributed by atoms with Crippen molar-refractivity contribution in [2.24, 2.45) is 0 Å². The van der Waals surface area contributed by atoms with Crippen molar-refractivity contribution < 1.29 is 4.42 Å².